The lowest BCUT2D eigenvalue weighted by molar-refractivity contribution is -0.132. The number of nitrogens with zero attached hydrogens (tertiary/aromatic N) is 2. The summed E-state index contributed by atoms with van der Waals surface area (Å²) in [5, 5.41) is 0.801. The monoisotopic (exact) mass is 518 g/mol. The molecule has 160 valence electrons. The van der Waals surface area contributed by atoms with E-state index in [0.29, 0.717) is 33.8 Å². The van der Waals surface area contributed by atoms with Gasteiger partial charge in [0.15, 0.2) is 5.11 Å². The predicted octanol–water partition coefficient (Wildman–Crippen LogP) is 5.01. The molecule has 0 bridgehead atoms. The van der Waals surface area contributed by atoms with Crippen LogP contribution in [0, 0.1) is 0 Å². The second-order valence-electron chi connectivity index (χ2n) is 6.93. The molecule has 0 unspecified atom stereocenters. The Balaban J connectivity index is 1.96. The van der Waals surface area contributed by atoms with Gasteiger partial charge in [0.2, 0.25) is 0 Å². The lowest BCUT2D eigenvalue weighted by Gasteiger charge is -2.31. The third-order valence-corrected chi connectivity index (χ3v) is 6.30. The van der Waals surface area contributed by atoms with E-state index in [2.05, 4.69) is 22.5 Å². The first kappa shape index (κ1) is 23.2. The molecule has 0 spiro atoms. The van der Waals surface area contributed by atoms with E-state index in [1.54, 1.807) is 32.3 Å². The standard InChI is InChI=1S/C23H20BrClN2O3S/c1-4-7-15-10-14(11-17-21(28)26(2)23(31)27(3)22(17)29)12-18(24)20(15)30-13-16-8-5-6-9-19(16)25/h4-6,8-12H,1,7,13H2,2-3H3. The Bertz CT molecular complexity index is 1090. The van der Waals surface area contributed by atoms with Gasteiger partial charge in [0.1, 0.15) is 17.9 Å². The zero-order valence-electron chi connectivity index (χ0n) is 17.0. The molecule has 31 heavy (non-hydrogen) atoms. The van der Waals surface area contributed by atoms with Gasteiger partial charge >= 0.3 is 0 Å². The van der Waals surface area contributed by atoms with E-state index in [0.717, 1.165) is 11.1 Å². The number of allylic oxidation sites excluding steroid dienone is 1. The molecule has 1 aliphatic heterocycles. The number of halogens is 2. The minimum atomic E-state index is -0.437. The molecule has 0 atom stereocenters. The van der Waals surface area contributed by atoms with Crippen LogP contribution < -0.4 is 4.74 Å². The number of benzene rings is 2. The smallest absolute Gasteiger partial charge is 0.265 e. The van der Waals surface area contributed by atoms with Crippen molar-refractivity contribution in [3.05, 3.63) is 80.8 Å². The second kappa shape index (κ2) is 9.77. The van der Waals surface area contributed by atoms with Gasteiger partial charge in [-0.15, -0.1) is 6.58 Å². The highest BCUT2D eigenvalue weighted by Crippen LogP contribution is 2.34. The summed E-state index contributed by atoms with van der Waals surface area (Å²) in [6.45, 7) is 4.11. The number of thiocarbonyl (C=S) groups is 1. The first-order valence-corrected chi connectivity index (χ1v) is 10.9. The van der Waals surface area contributed by atoms with Gasteiger partial charge in [-0.05, 0) is 70.0 Å². The molecule has 1 heterocycles. The van der Waals surface area contributed by atoms with Crippen molar-refractivity contribution in [2.45, 2.75) is 13.0 Å². The maximum atomic E-state index is 12.6. The van der Waals surface area contributed by atoms with Crippen molar-refractivity contribution in [1.29, 1.82) is 0 Å². The predicted molar refractivity (Wildman–Crippen MR) is 130 cm³/mol. The van der Waals surface area contributed by atoms with Gasteiger partial charge in [-0.25, -0.2) is 0 Å². The van der Waals surface area contributed by atoms with Gasteiger partial charge in [-0.3, -0.25) is 19.4 Å². The number of likely N-dealkylation sites (N-methyl/N-ethyl adjacent to an activating group) is 2. The number of rotatable bonds is 6. The molecule has 2 aromatic carbocycles. The molecule has 2 amide bonds. The SMILES string of the molecule is C=CCc1cc(C=C2C(=O)N(C)C(=S)N(C)C2=O)cc(Br)c1OCc1ccccc1Cl. The van der Waals surface area contributed by atoms with Crippen LogP contribution in [0.25, 0.3) is 6.08 Å². The summed E-state index contributed by atoms with van der Waals surface area (Å²) in [7, 11) is 3.10. The zero-order chi connectivity index (χ0) is 22.7. The number of carbonyl (C=O) groups is 2. The highest BCUT2D eigenvalue weighted by molar-refractivity contribution is 9.10. The van der Waals surface area contributed by atoms with E-state index in [1.807, 2.05) is 30.3 Å². The van der Waals surface area contributed by atoms with Crippen molar-refractivity contribution < 1.29 is 14.3 Å². The van der Waals surface area contributed by atoms with Crippen LogP contribution in [0.2, 0.25) is 5.02 Å². The van der Waals surface area contributed by atoms with Crippen LogP contribution >= 0.6 is 39.7 Å². The molecule has 3 rings (SSSR count). The second-order valence-corrected chi connectivity index (χ2v) is 8.56. The highest BCUT2D eigenvalue weighted by atomic mass is 79.9. The molecule has 1 saturated heterocycles. The Morgan fingerprint density at radius 1 is 1.13 bits per heavy atom. The zero-order valence-corrected chi connectivity index (χ0v) is 20.2. The van der Waals surface area contributed by atoms with Crippen LogP contribution in [-0.2, 0) is 22.6 Å². The molecule has 0 radical (unpaired) electrons. The lowest BCUT2D eigenvalue weighted by atomic mass is 10.0. The molecule has 0 saturated carbocycles. The Morgan fingerprint density at radius 3 is 2.39 bits per heavy atom. The molecular weight excluding hydrogens is 500 g/mol. The van der Waals surface area contributed by atoms with Gasteiger partial charge in [-0.1, -0.05) is 35.9 Å². The Hall–Kier alpha value is -2.48. The minimum Gasteiger partial charge on any atom is -0.487 e. The van der Waals surface area contributed by atoms with Gasteiger partial charge in [0.05, 0.1) is 4.47 Å². The van der Waals surface area contributed by atoms with E-state index in [4.69, 9.17) is 28.6 Å². The van der Waals surface area contributed by atoms with Crippen LogP contribution in [0.3, 0.4) is 0 Å². The Morgan fingerprint density at radius 2 is 1.77 bits per heavy atom. The molecule has 5 nitrogen and oxygen atoms in total. The van der Waals surface area contributed by atoms with Crippen LogP contribution in [0.1, 0.15) is 16.7 Å². The van der Waals surface area contributed by atoms with E-state index < -0.39 is 11.8 Å². The van der Waals surface area contributed by atoms with Gasteiger partial charge in [0, 0.05) is 24.7 Å². The van der Waals surface area contributed by atoms with Gasteiger partial charge in [-0.2, -0.15) is 0 Å². The first-order valence-electron chi connectivity index (χ1n) is 9.35. The molecule has 0 aromatic heterocycles. The van der Waals surface area contributed by atoms with Crippen LogP contribution in [0.15, 0.2) is 59.1 Å². The van der Waals surface area contributed by atoms with Crippen molar-refractivity contribution in [3.8, 4) is 5.75 Å². The summed E-state index contributed by atoms with van der Waals surface area (Å²) >= 11 is 14.9. The van der Waals surface area contributed by atoms with Crippen molar-refractivity contribution >= 4 is 62.8 Å². The molecule has 2 aromatic rings. The van der Waals surface area contributed by atoms with E-state index in [-0.39, 0.29) is 10.7 Å². The van der Waals surface area contributed by atoms with Crippen molar-refractivity contribution in [2.24, 2.45) is 0 Å². The van der Waals surface area contributed by atoms with Crippen LogP contribution in [-0.4, -0.2) is 40.8 Å². The largest absolute Gasteiger partial charge is 0.487 e. The lowest BCUT2D eigenvalue weighted by Crippen LogP contribution is -2.52. The van der Waals surface area contributed by atoms with E-state index in [9.17, 15) is 9.59 Å². The average Bonchev–Trinajstić information content (AvgIpc) is 2.75. The fraction of sp³-hybridized carbons (Fsp3) is 0.174. The molecule has 1 fully saturated rings. The number of amides is 2. The number of carbonyl (C=O) groups excluding carboxylic acids is 2. The average molecular weight is 520 g/mol. The molecule has 0 N–H and O–H groups in total. The Labute approximate surface area is 200 Å². The Kier molecular flexibility index (Phi) is 7.30. The maximum absolute atomic E-state index is 12.6. The number of hydrogen-bond donors (Lipinski definition) is 0. The summed E-state index contributed by atoms with van der Waals surface area (Å²) < 4.78 is 6.75. The normalized spacial score (nSPS) is 14.2. The third kappa shape index (κ3) is 4.89. The summed E-state index contributed by atoms with van der Waals surface area (Å²) in [6, 6.07) is 11.1. The summed E-state index contributed by atoms with van der Waals surface area (Å²) in [4.78, 5) is 27.8. The fourth-order valence-corrected chi connectivity index (χ4v) is 4.12. The topological polar surface area (TPSA) is 49.9 Å². The van der Waals surface area contributed by atoms with Crippen molar-refractivity contribution in [3.63, 3.8) is 0 Å². The van der Waals surface area contributed by atoms with Gasteiger partial charge in [0.25, 0.3) is 11.8 Å². The maximum Gasteiger partial charge on any atom is 0.265 e. The van der Waals surface area contributed by atoms with Crippen LogP contribution in [0.5, 0.6) is 5.75 Å². The van der Waals surface area contributed by atoms with Crippen molar-refractivity contribution in [1.82, 2.24) is 9.80 Å². The number of ether oxygens (including phenoxy) is 1. The summed E-state index contributed by atoms with van der Waals surface area (Å²) in [5.41, 5.74) is 2.45. The minimum absolute atomic E-state index is 0.0415. The van der Waals surface area contributed by atoms with Crippen LogP contribution in [0.4, 0.5) is 0 Å². The van der Waals surface area contributed by atoms with E-state index in [1.165, 1.54) is 9.80 Å². The quantitative estimate of drug-likeness (QED) is 0.233. The summed E-state index contributed by atoms with van der Waals surface area (Å²) in [5.74, 6) is -0.222. The first-order chi connectivity index (χ1) is 14.7. The third-order valence-electron chi connectivity index (χ3n) is 4.79. The fourth-order valence-electron chi connectivity index (χ4n) is 3.13. The molecule has 1 aliphatic rings. The molecular formula is C23H20BrClN2O3S. The summed E-state index contributed by atoms with van der Waals surface area (Å²) in [6.07, 6.45) is 3.87. The number of hydrogen-bond acceptors (Lipinski definition) is 4. The molecule has 8 heteroatoms. The van der Waals surface area contributed by atoms with Gasteiger partial charge < -0.3 is 4.74 Å². The van der Waals surface area contributed by atoms with E-state index >= 15 is 0 Å². The molecule has 0 aliphatic carbocycles. The highest BCUT2D eigenvalue weighted by Gasteiger charge is 2.35. The van der Waals surface area contributed by atoms with Crippen molar-refractivity contribution in [2.75, 3.05) is 14.1 Å².